The third kappa shape index (κ3) is 3.76. The van der Waals surface area contributed by atoms with Crippen molar-refractivity contribution in [3.63, 3.8) is 0 Å². The minimum atomic E-state index is -0.927. The van der Waals surface area contributed by atoms with Crippen LogP contribution in [0.3, 0.4) is 0 Å². The Morgan fingerprint density at radius 2 is 1.77 bits per heavy atom. The Labute approximate surface area is 182 Å². The molecule has 8 heteroatoms. The van der Waals surface area contributed by atoms with E-state index in [-0.39, 0.29) is 0 Å². The summed E-state index contributed by atoms with van der Waals surface area (Å²) < 4.78 is 0.961. The Hall–Kier alpha value is -2.97. The van der Waals surface area contributed by atoms with E-state index < -0.39 is 23.8 Å². The zero-order valence-electron chi connectivity index (χ0n) is 16.6. The molecule has 3 aromatic rings. The van der Waals surface area contributed by atoms with Gasteiger partial charge >= 0.3 is 0 Å². The van der Waals surface area contributed by atoms with Crippen molar-refractivity contribution in [1.29, 1.82) is 0 Å². The van der Waals surface area contributed by atoms with Gasteiger partial charge in [-0.1, -0.05) is 23.9 Å². The molecule has 4 rings (SSSR count). The van der Waals surface area contributed by atoms with Gasteiger partial charge in [-0.2, -0.15) is 0 Å². The van der Waals surface area contributed by atoms with Crippen molar-refractivity contribution in [2.24, 2.45) is 0 Å². The molecule has 0 saturated heterocycles. The molecular weight excluding hydrogens is 418 g/mol. The zero-order chi connectivity index (χ0) is 21.4. The van der Waals surface area contributed by atoms with Gasteiger partial charge in [-0.05, 0) is 56.7 Å². The number of nitrogens with zero attached hydrogens (tertiary/aromatic N) is 2. The van der Waals surface area contributed by atoms with Crippen molar-refractivity contribution in [3.05, 3.63) is 70.2 Å². The van der Waals surface area contributed by atoms with Crippen LogP contribution in [-0.2, 0) is 4.79 Å². The molecule has 152 valence electrons. The molecule has 0 saturated carbocycles. The van der Waals surface area contributed by atoms with Crippen molar-refractivity contribution in [2.75, 3.05) is 5.32 Å². The number of fused-ring (bicyclic) bond motifs is 1. The molecule has 1 unspecified atom stereocenters. The van der Waals surface area contributed by atoms with Crippen LogP contribution in [0.25, 0.3) is 0 Å². The minimum absolute atomic E-state index is 0.331. The smallest absolute Gasteiger partial charge is 0.262 e. The summed E-state index contributed by atoms with van der Waals surface area (Å²) in [6.07, 6.45) is 0. The molecule has 0 radical (unpaired) electrons. The Morgan fingerprint density at radius 3 is 2.33 bits per heavy atom. The summed E-state index contributed by atoms with van der Waals surface area (Å²) in [7, 11) is 0. The van der Waals surface area contributed by atoms with Crippen molar-refractivity contribution in [3.8, 4) is 0 Å². The monoisotopic (exact) mass is 437 g/mol. The lowest BCUT2D eigenvalue weighted by Gasteiger charge is -2.22. The van der Waals surface area contributed by atoms with E-state index in [0.717, 1.165) is 25.4 Å². The molecule has 2 aromatic carbocycles. The number of aromatic nitrogens is 1. The van der Waals surface area contributed by atoms with E-state index in [2.05, 4.69) is 10.3 Å². The number of hydrogen-bond acceptors (Lipinski definition) is 6. The summed E-state index contributed by atoms with van der Waals surface area (Å²) in [6, 6.07) is 11.4. The first-order valence-electron chi connectivity index (χ1n) is 9.33. The van der Waals surface area contributed by atoms with Crippen LogP contribution >= 0.6 is 23.1 Å². The number of hydrogen-bond donors (Lipinski definition) is 1. The summed E-state index contributed by atoms with van der Waals surface area (Å²) in [5.41, 5.74) is 3.18. The van der Waals surface area contributed by atoms with Crippen LogP contribution < -0.4 is 5.32 Å². The number of thiazole rings is 1. The molecule has 3 amide bonds. The van der Waals surface area contributed by atoms with E-state index in [0.29, 0.717) is 16.8 Å². The van der Waals surface area contributed by atoms with Crippen LogP contribution in [0.5, 0.6) is 0 Å². The van der Waals surface area contributed by atoms with Gasteiger partial charge in [0.25, 0.3) is 11.8 Å². The fourth-order valence-electron chi connectivity index (χ4n) is 3.23. The SMILES string of the molecule is Cc1csc(Sc2ccc(NC(=O)C(C)N3C(=O)c4ccccc4C3=O)c(C)c2)n1. The van der Waals surface area contributed by atoms with Gasteiger partial charge in [0.15, 0.2) is 4.34 Å². The van der Waals surface area contributed by atoms with Gasteiger partial charge in [-0.25, -0.2) is 4.98 Å². The summed E-state index contributed by atoms with van der Waals surface area (Å²) in [4.78, 5) is 44.5. The number of aryl methyl sites for hydroxylation is 2. The number of rotatable bonds is 5. The van der Waals surface area contributed by atoms with Gasteiger partial charge in [-0.15, -0.1) is 11.3 Å². The van der Waals surface area contributed by atoms with E-state index in [1.165, 1.54) is 0 Å². The van der Waals surface area contributed by atoms with Gasteiger partial charge in [0.1, 0.15) is 6.04 Å². The average molecular weight is 438 g/mol. The largest absolute Gasteiger partial charge is 0.324 e. The molecule has 1 aliphatic heterocycles. The first-order chi connectivity index (χ1) is 14.3. The third-order valence-electron chi connectivity index (χ3n) is 4.85. The maximum absolute atomic E-state index is 12.8. The van der Waals surface area contributed by atoms with Crippen LogP contribution in [-0.4, -0.2) is 33.6 Å². The molecule has 1 atom stereocenters. The highest BCUT2D eigenvalue weighted by Crippen LogP contribution is 2.32. The lowest BCUT2D eigenvalue weighted by Crippen LogP contribution is -2.45. The minimum Gasteiger partial charge on any atom is -0.324 e. The lowest BCUT2D eigenvalue weighted by molar-refractivity contribution is -0.119. The Morgan fingerprint density at radius 1 is 1.10 bits per heavy atom. The number of anilines is 1. The van der Waals surface area contributed by atoms with Crippen LogP contribution in [0.4, 0.5) is 5.69 Å². The van der Waals surface area contributed by atoms with Crippen molar-refractivity contribution in [1.82, 2.24) is 9.88 Å². The van der Waals surface area contributed by atoms with Crippen molar-refractivity contribution in [2.45, 2.75) is 36.0 Å². The van der Waals surface area contributed by atoms with Crippen LogP contribution in [0.15, 0.2) is 57.1 Å². The molecule has 2 heterocycles. The standard InChI is InChI=1S/C22H19N3O3S2/c1-12-10-15(30-22-23-13(2)11-29-22)8-9-18(12)24-19(26)14(3)25-20(27)16-6-4-5-7-17(16)21(25)28/h4-11,14H,1-3H3,(H,24,26). The van der Waals surface area contributed by atoms with E-state index in [1.54, 1.807) is 54.3 Å². The highest BCUT2D eigenvalue weighted by Gasteiger charge is 2.40. The van der Waals surface area contributed by atoms with E-state index in [1.807, 2.05) is 37.4 Å². The van der Waals surface area contributed by atoms with Crippen molar-refractivity contribution >= 4 is 46.5 Å². The maximum atomic E-state index is 12.8. The second-order valence-electron chi connectivity index (χ2n) is 7.02. The van der Waals surface area contributed by atoms with E-state index in [9.17, 15) is 14.4 Å². The number of carbonyl (C=O) groups is 3. The van der Waals surface area contributed by atoms with Gasteiger partial charge < -0.3 is 5.32 Å². The predicted octanol–water partition coefficient (Wildman–Crippen LogP) is 4.53. The lowest BCUT2D eigenvalue weighted by atomic mass is 10.1. The number of carbonyl (C=O) groups excluding carboxylic acids is 3. The molecule has 0 bridgehead atoms. The fourth-order valence-corrected chi connectivity index (χ4v) is 5.14. The number of imide groups is 1. The molecule has 0 spiro atoms. The highest BCUT2D eigenvalue weighted by atomic mass is 32.2. The molecule has 1 aliphatic rings. The molecule has 0 fully saturated rings. The van der Waals surface area contributed by atoms with Crippen LogP contribution in [0.2, 0.25) is 0 Å². The second kappa shape index (κ2) is 8.04. The first kappa shape index (κ1) is 20.3. The molecule has 1 N–H and O–H groups in total. The molecule has 0 aliphatic carbocycles. The molecule has 30 heavy (non-hydrogen) atoms. The summed E-state index contributed by atoms with van der Waals surface area (Å²) in [5.74, 6) is -1.30. The van der Waals surface area contributed by atoms with E-state index in [4.69, 9.17) is 0 Å². The van der Waals surface area contributed by atoms with Gasteiger partial charge in [0.2, 0.25) is 5.91 Å². The van der Waals surface area contributed by atoms with Gasteiger partial charge in [0.05, 0.1) is 11.1 Å². The van der Waals surface area contributed by atoms with E-state index >= 15 is 0 Å². The topological polar surface area (TPSA) is 79.4 Å². The number of nitrogens with one attached hydrogen (secondary N) is 1. The predicted molar refractivity (Wildman–Crippen MR) is 117 cm³/mol. The second-order valence-corrected chi connectivity index (χ2v) is 9.20. The normalized spacial score (nSPS) is 14.0. The number of benzene rings is 2. The van der Waals surface area contributed by atoms with Crippen molar-refractivity contribution < 1.29 is 14.4 Å². The Kier molecular flexibility index (Phi) is 5.44. The summed E-state index contributed by atoms with van der Waals surface area (Å²) >= 11 is 3.16. The third-order valence-corrected chi connectivity index (χ3v) is 6.90. The molecule has 6 nitrogen and oxygen atoms in total. The quantitative estimate of drug-likeness (QED) is 0.593. The van der Waals surface area contributed by atoms with Crippen LogP contribution in [0.1, 0.15) is 38.9 Å². The molecule has 1 aromatic heterocycles. The summed E-state index contributed by atoms with van der Waals surface area (Å²) in [5, 5.41) is 4.85. The highest BCUT2D eigenvalue weighted by molar-refractivity contribution is 8.01. The first-order valence-corrected chi connectivity index (χ1v) is 11.0. The zero-order valence-corrected chi connectivity index (χ0v) is 18.3. The van der Waals surface area contributed by atoms with Gasteiger partial charge in [0, 0.05) is 21.7 Å². The Bertz CT molecular complexity index is 1140. The number of amides is 3. The average Bonchev–Trinajstić information content (AvgIpc) is 3.24. The van der Waals surface area contributed by atoms with Gasteiger partial charge in [-0.3, -0.25) is 19.3 Å². The Balaban J connectivity index is 1.47. The summed E-state index contributed by atoms with van der Waals surface area (Å²) in [6.45, 7) is 5.42. The maximum Gasteiger partial charge on any atom is 0.262 e. The van der Waals surface area contributed by atoms with Crippen LogP contribution in [0, 0.1) is 13.8 Å². The molecular formula is C22H19N3O3S2. The fraction of sp³-hybridized carbons (Fsp3) is 0.182.